The van der Waals surface area contributed by atoms with Gasteiger partial charge < -0.3 is 4.42 Å². The van der Waals surface area contributed by atoms with E-state index in [0.717, 1.165) is 16.5 Å². The molecule has 0 unspecified atom stereocenters. The number of halogens is 2. The maximum atomic E-state index is 12.1. The molecule has 1 heterocycles. The number of hydrogen-bond acceptors (Lipinski definition) is 5. The van der Waals surface area contributed by atoms with Crippen molar-refractivity contribution >= 4 is 56.1 Å². The molecule has 0 N–H and O–H groups in total. The van der Waals surface area contributed by atoms with Crippen LogP contribution in [0.2, 0.25) is 0 Å². The zero-order valence-electron chi connectivity index (χ0n) is 11.9. The number of fused-ring (bicyclic) bond motifs is 1. The highest BCUT2D eigenvalue weighted by atomic mass is 35.5. The van der Waals surface area contributed by atoms with Gasteiger partial charge in [0.15, 0.2) is 5.58 Å². The minimum absolute atomic E-state index is 0.192. The summed E-state index contributed by atoms with van der Waals surface area (Å²) in [5.74, 6) is 0.961. The molecule has 120 valence electrons. The predicted octanol–water partition coefficient (Wildman–Crippen LogP) is 3.36. The zero-order chi connectivity index (χ0) is 16.1. The van der Waals surface area contributed by atoms with E-state index in [1.165, 1.54) is 38.0 Å². The Kier molecular flexibility index (Phi) is 4.14. The monoisotopic (exact) mass is 380 g/mol. The van der Waals surface area contributed by atoms with Gasteiger partial charge in [-0.1, -0.05) is 11.8 Å². The van der Waals surface area contributed by atoms with Crippen LogP contribution in [0.15, 0.2) is 32.7 Å². The quantitative estimate of drug-likeness (QED) is 0.587. The molecule has 0 aliphatic heterocycles. The Morgan fingerprint density at radius 1 is 1.45 bits per heavy atom. The van der Waals surface area contributed by atoms with Crippen LogP contribution in [0.3, 0.4) is 0 Å². The summed E-state index contributed by atoms with van der Waals surface area (Å²) in [4.78, 5) is 4.51. The summed E-state index contributed by atoms with van der Waals surface area (Å²) in [7, 11) is -0.500. The van der Waals surface area contributed by atoms with Crippen LogP contribution in [-0.2, 0) is 10.0 Å². The average Bonchev–Trinajstić information content (AvgIpc) is 2.87. The van der Waals surface area contributed by atoms with Gasteiger partial charge in [0.25, 0.3) is 5.22 Å². The van der Waals surface area contributed by atoms with Gasteiger partial charge in [0.1, 0.15) is 9.85 Å². The molecule has 0 bridgehead atoms. The maximum Gasteiger partial charge on any atom is 0.256 e. The van der Waals surface area contributed by atoms with Crippen molar-refractivity contribution in [1.29, 1.82) is 0 Å². The molecule has 0 saturated heterocycles. The Hall–Kier alpha value is -0.470. The van der Waals surface area contributed by atoms with E-state index < -0.39 is 14.4 Å². The standard InChI is InChI=1S/C13H14Cl2N2O3S2/c1-17(2)22(18,19)9-3-4-11-10(5-9)16-12(20-11)21-7-8-6-13(8,14)15/h3-5,8H,6-7H2,1-2H3/t8-/m1/s1. The molecule has 1 aromatic heterocycles. The third-order valence-corrected chi connectivity index (χ3v) is 7.21. The van der Waals surface area contributed by atoms with Crippen molar-refractivity contribution in [1.82, 2.24) is 9.29 Å². The molecule has 1 aliphatic carbocycles. The second-order valence-electron chi connectivity index (χ2n) is 5.37. The van der Waals surface area contributed by atoms with Crippen LogP contribution in [0.4, 0.5) is 0 Å². The molecule has 0 spiro atoms. The first-order valence-electron chi connectivity index (χ1n) is 6.54. The van der Waals surface area contributed by atoms with Crippen molar-refractivity contribution in [3.05, 3.63) is 18.2 Å². The number of benzene rings is 1. The van der Waals surface area contributed by atoms with Gasteiger partial charge in [0, 0.05) is 25.8 Å². The van der Waals surface area contributed by atoms with Crippen molar-refractivity contribution in [3.63, 3.8) is 0 Å². The van der Waals surface area contributed by atoms with Crippen LogP contribution in [0.25, 0.3) is 11.1 Å². The molecule has 1 atom stereocenters. The topological polar surface area (TPSA) is 63.4 Å². The Bertz CT molecular complexity index is 818. The van der Waals surface area contributed by atoms with Gasteiger partial charge in [-0.25, -0.2) is 17.7 Å². The molecule has 1 aliphatic rings. The summed E-state index contributed by atoms with van der Waals surface area (Å²) < 4.78 is 30.4. The number of oxazole rings is 1. The zero-order valence-corrected chi connectivity index (χ0v) is 15.1. The second kappa shape index (κ2) is 5.56. The number of alkyl halides is 2. The Morgan fingerprint density at radius 3 is 2.73 bits per heavy atom. The van der Waals surface area contributed by atoms with E-state index in [-0.39, 0.29) is 10.8 Å². The fourth-order valence-electron chi connectivity index (χ4n) is 1.94. The summed E-state index contributed by atoms with van der Waals surface area (Å²) in [6.07, 6.45) is 0.772. The lowest BCUT2D eigenvalue weighted by Gasteiger charge is -2.10. The van der Waals surface area contributed by atoms with Crippen LogP contribution in [0.5, 0.6) is 0 Å². The predicted molar refractivity (Wildman–Crippen MR) is 88.1 cm³/mol. The highest BCUT2D eigenvalue weighted by molar-refractivity contribution is 7.99. The maximum absolute atomic E-state index is 12.1. The SMILES string of the molecule is CN(C)S(=O)(=O)c1ccc2oc(SC[C@H]3CC3(Cl)Cl)nc2c1. The normalized spacial score (nSPS) is 20.7. The number of aromatic nitrogens is 1. The average molecular weight is 381 g/mol. The summed E-state index contributed by atoms with van der Waals surface area (Å²) in [5.41, 5.74) is 1.07. The van der Waals surface area contributed by atoms with Gasteiger partial charge in [-0.05, 0) is 24.6 Å². The van der Waals surface area contributed by atoms with Crippen LogP contribution in [-0.4, -0.2) is 41.9 Å². The lowest BCUT2D eigenvalue weighted by Crippen LogP contribution is -2.22. The number of rotatable bonds is 5. The molecular formula is C13H14Cl2N2O3S2. The fourth-order valence-corrected chi connectivity index (χ4v) is 4.63. The number of hydrogen-bond donors (Lipinski definition) is 0. The lowest BCUT2D eigenvalue weighted by atomic mass is 10.3. The highest BCUT2D eigenvalue weighted by Crippen LogP contribution is 2.54. The Morgan fingerprint density at radius 2 is 2.14 bits per heavy atom. The van der Waals surface area contributed by atoms with E-state index in [0.29, 0.717) is 16.3 Å². The van der Waals surface area contributed by atoms with Gasteiger partial charge in [-0.15, -0.1) is 23.2 Å². The lowest BCUT2D eigenvalue weighted by molar-refractivity contribution is 0.489. The van der Waals surface area contributed by atoms with Gasteiger partial charge in [-0.3, -0.25) is 0 Å². The van der Waals surface area contributed by atoms with Gasteiger partial charge in [-0.2, -0.15) is 0 Å². The fraction of sp³-hybridized carbons (Fsp3) is 0.462. The van der Waals surface area contributed by atoms with Crippen molar-refractivity contribution in [3.8, 4) is 0 Å². The smallest absolute Gasteiger partial charge is 0.256 e. The second-order valence-corrected chi connectivity index (χ2v) is 10.0. The van der Waals surface area contributed by atoms with Crippen LogP contribution in [0.1, 0.15) is 6.42 Å². The van der Waals surface area contributed by atoms with Gasteiger partial charge in [0.05, 0.1) is 4.90 Å². The van der Waals surface area contributed by atoms with Crippen LogP contribution in [0, 0.1) is 5.92 Å². The number of sulfonamides is 1. The molecule has 0 amide bonds. The van der Waals surface area contributed by atoms with E-state index in [1.807, 2.05) is 0 Å². The molecule has 9 heteroatoms. The first kappa shape index (κ1) is 16.4. The van der Waals surface area contributed by atoms with Gasteiger partial charge in [0.2, 0.25) is 10.0 Å². The molecule has 1 fully saturated rings. The first-order valence-corrected chi connectivity index (χ1v) is 9.72. The molecule has 0 radical (unpaired) electrons. The van der Waals surface area contributed by atoms with Crippen LogP contribution >= 0.6 is 35.0 Å². The summed E-state index contributed by atoms with van der Waals surface area (Å²) in [6, 6.07) is 4.65. The van der Waals surface area contributed by atoms with Crippen LogP contribution < -0.4 is 0 Å². The summed E-state index contributed by atoms with van der Waals surface area (Å²) in [5, 5.41) is 0.491. The highest BCUT2D eigenvalue weighted by Gasteiger charge is 2.51. The van der Waals surface area contributed by atoms with Crippen molar-refractivity contribution in [2.24, 2.45) is 5.92 Å². The molecule has 22 heavy (non-hydrogen) atoms. The van der Waals surface area contributed by atoms with E-state index in [4.69, 9.17) is 27.6 Å². The molecule has 3 rings (SSSR count). The molecule has 1 aromatic carbocycles. The third kappa shape index (κ3) is 3.10. The summed E-state index contributed by atoms with van der Waals surface area (Å²) >= 11 is 13.4. The molecule has 5 nitrogen and oxygen atoms in total. The van der Waals surface area contributed by atoms with Crippen molar-refractivity contribution in [2.75, 3.05) is 19.8 Å². The number of nitrogens with zero attached hydrogens (tertiary/aromatic N) is 2. The van der Waals surface area contributed by atoms with Crippen molar-refractivity contribution in [2.45, 2.75) is 20.9 Å². The Balaban J connectivity index is 1.81. The van der Waals surface area contributed by atoms with Gasteiger partial charge >= 0.3 is 0 Å². The van der Waals surface area contributed by atoms with E-state index in [2.05, 4.69) is 4.98 Å². The molecule has 2 aromatic rings. The van der Waals surface area contributed by atoms with Crippen molar-refractivity contribution < 1.29 is 12.8 Å². The van der Waals surface area contributed by atoms with E-state index in [1.54, 1.807) is 6.07 Å². The van der Waals surface area contributed by atoms with E-state index >= 15 is 0 Å². The molecule has 1 saturated carbocycles. The minimum atomic E-state index is -3.48. The van der Waals surface area contributed by atoms with E-state index in [9.17, 15) is 8.42 Å². The largest absolute Gasteiger partial charge is 0.431 e. The Labute approximate surface area is 143 Å². The first-order chi connectivity index (χ1) is 10.2. The summed E-state index contributed by atoms with van der Waals surface area (Å²) in [6.45, 7) is 0. The number of thioether (sulfide) groups is 1. The minimum Gasteiger partial charge on any atom is -0.431 e. The third-order valence-electron chi connectivity index (χ3n) is 3.48. The molecular weight excluding hydrogens is 367 g/mol.